The molecule has 32 heavy (non-hydrogen) atoms. The second-order valence-corrected chi connectivity index (χ2v) is 8.62. The molecule has 2 amide bonds. The minimum absolute atomic E-state index is 0.163. The zero-order chi connectivity index (χ0) is 23.5. The highest BCUT2D eigenvalue weighted by molar-refractivity contribution is 9.10. The Morgan fingerprint density at radius 2 is 1.88 bits per heavy atom. The maximum atomic E-state index is 13.2. The van der Waals surface area contributed by atoms with Crippen molar-refractivity contribution in [1.29, 1.82) is 0 Å². The zero-order valence-electron chi connectivity index (χ0n) is 18.7. The summed E-state index contributed by atoms with van der Waals surface area (Å²) < 4.78 is 11.7. The predicted octanol–water partition coefficient (Wildman–Crippen LogP) is 5.21. The van der Waals surface area contributed by atoms with Crippen LogP contribution in [0.5, 0.6) is 11.5 Å². The average Bonchev–Trinajstić information content (AvgIpc) is 2.78. The van der Waals surface area contributed by atoms with E-state index in [1.165, 1.54) is 0 Å². The molecule has 0 radical (unpaired) electrons. The Bertz CT molecular complexity index is 892. The van der Waals surface area contributed by atoms with E-state index in [9.17, 15) is 9.59 Å². The van der Waals surface area contributed by atoms with E-state index in [0.29, 0.717) is 23.7 Å². The number of methoxy groups -OCH3 is 1. The lowest BCUT2D eigenvalue weighted by Crippen LogP contribution is -2.50. The monoisotopic (exact) mass is 524 g/mol. The van der Waals surface area contributed by atoms with E-state index in [-0.39, 0.29) is 25.0 Å². The molecule has 6 nitrogen and oxygen atoms in total. The number of halogens is 2. The minimum Gasteiger partial charge on any atom is -0.497 e. The van der Waals surface area contributed by atoms with E-state index < -0.39 is 6.04 Å². The summed E-state index contributed by atoms with van der Waals surface area (Å²) >= 11 is 9.55. The smallest absolute Gasteiger partial charge is 0.261 e. The lowest BCUT2D eigenvalue weighted by atomic mass is 10.1. The fraction of sp³-hybridized carbons (Fsp3) is 0.417. The fourth-order valence-corrected chi connectivity index (χ4v) is 3.90. The summed E-state index contributed by atoms with van der Waals surface area (Å²) in [7, 11) is 1.60. The van der Waals surface area contributed by atoms with Crippen LogP contribution in [0.3, 0.4) is 0 Å². The summed E-state index contributed by atoms with van der Waals surface area (Å²) in [5.41, 5.74) is 0.889. The minimum atomic E-state index is -0.606. The molecule has 2 aromatic carbocycles. The molecule has 0 aliphatic rings. The Balaban J connectivity index is 2.19. The highest BCUT2D eigenvalue weighted by atomic mass is 79.9. The molecular formula is C24H30BrClN2O4. The summed E-state index contributed by atoms with van der Waals surface area (Å²) in [4.78, 5) is 27.6. The van der Waals surface area contributed by atoms with Crippen molar-refractivity contribution in [2.75, 3.05) is 20.3 Å². The molecule has 0 saturated heterocycles. The van der Waals surface area contributed by atoms with Gasteiger partial charge in [-0.3, -0.25) is 9.59 Å². The van der Waals surface area contributed by atoms with Crippen LogP contribution in [-0.4, -0.2) is 43.0 Å². The summed E-state index contributed by atoms with van der Waals surface area (Å²) in [6, 6.07) is 12.0. The Hall–Kier alpha value is -2.25. The van der Waals surface area contributed by atoms with Gasteiger partial charge in [0, 0.05) is 17.6 Å². The number of carbonyl (C=O) groups is 2. The number of hydrogen-bond acceptors (Lipinski definition) is 4. The molecule has 1 unspecified atom stereocenters. The quantitative estimate of drug-likeness (QED) is 0.386. The Kier molecular flexibility index (Phi) is 10.8. The van der Waals surface area contributed by atoms with Gasteiger partial charge in [-0.2, -0.15) is 0 Å². The van der Waals surface area contributed by atoms with E-state index in [2.05, 4.69) is 28.2 Å². The van der Waals surface area contributed by atoms with Crippen LogP contribution in [0, 0.1) is 0 Å². The van der Waals surface area contributed by atoms with Crippen LogP contribution in [0.4, 0.5) is 0 Å². The van der Waals surface area contributed by atoms with Gasteiger partial charge >= 0.3 is 0 Å². The highest BCUT2D eigenvalue weighted by Crippen LogP contribution is 2.28. The molecule has 0 spiro atoms. The molecule has 0 aliphatic carbocycles. The summed E-state index contributed by atoms with van der Waals surface area (Å²) in [6.07, 6.45) is 2.35. The van der Waals surface area contributed by atoms with Gasteiger partial charge in [-0.1, -0.05) is 59.9 Å². The van der Waals surface area contributed by atoms with E-state index in [0.717, 1.165) is 28.6 Å². The number of carbonyl (C=O) groups excluding carboxylic acids is 2. The van der Waals surface area contributed by atoms with Crippen molar-refractivity contribution in [3.05, 3.63) is 57.5 Å². The molecule has 0 heterocycles. The molecule has 2 aromatic rings. The number of unbranched alkanes of at least 4 members (excludes halogenated alkanes) is 1. The Morgan fingerprint density at radius 1 is 1.16 bits per heavy atom. The van der Waals surface area contributed by atoms with Gasteiger partial charge in [0.25, 0.3) is 5.91 Å². The van der Waals surface area contributed by atoms with E-state index in [4.69, 9.17) is 21.1 Å². The average molecular weight is 526 g/mol. The maximum Gasteiger partial charge on any atom is 0.261 e. The number of nitrogens with one attached hydrogen (secondary N) is 1. The van der Waals surface area contributed by atoms with Crippen molar-refractivity contribution in [1.82, 2.24) is 10.2 Å². The van der Waals surface area contributed by atoms with E-state index in [1.807, 2.05) is 31.2 Å². The normalized spacial score (nSPS) is 11.5. The second kappa shape index (κ2) is 13.3. The third-order valence-corrected chi connectivity index (χ3v) is 5.76. The molecule has 174 valence electrons. The van der Waals surface area contributed by atoms with Gasteiger partial charge in [-0.25, -0.2) is 0 Å². The van der Waals surface area contributed by atoms with Gasteiger partial charge in [-0.05, 0) is 48.7 Å². The lowest BCUT2D eigenvalue weighted by Gasteiger charge is -2.30. The van der Waals surface area contributed by atoms with Gasteiger partial charge in [-0.15, -0.1) is 0 Å². The van der Waals surface area contributed by atoms with Crippen LogP contribution in [-0.2, 0) is 16.1 Å². The van der Waals surface area contributed by atoms with Crippen LogP contribution in [0.2, 0.25) is 5.02 Å². The fourth-order valence-electron chi connectivity index (χ4n) is 3.17. The zero-order valence-corrected chi connectivity index (χ0v) is 21.0. The number of hydrogen-bond donors (Lipinski definition) is 1. The van der Waals surface area contributed by atoms with E-state index >= 15 is 0 Å². The molecule has 0 aliphatic heterocycles. The van der Waals surface area contributed by atoms with Crippen LogP contribution >= 0.6 is 27.5 Å². The second-order valence-electron chi connectivity index (χ2n) is 7.30. The molecule has 1 atom stereocenters. The van der Waals surface area contributed by atoms with Gasteiger partial charge in [0.15, 0.2) is 6.61 Å². The van der Waals surface area contributed by atoms with Gasteiger partial charge in [0.1, 0.15) is 17.5 Å². The molecule has 2 rings (SSSR count). The van der Waals surface area contributed by atoms with Crippen LogP contribution < -0.4 is 14.8 Å². The first-order chi connectivity index (χ1) is 15.4. The van der Waals surface area contributed by atoms with Crippen molar-refractivity contribution in [3.63, 3.8) is 0 Å². The lowest BCUT2D eigenvalue weighted by molar-refractivity contribution is -0.143. The van der Waals surface area contributed by atoms with Gasteiger partial charge in [0.2, 0.25) is 5.91 Å². The van der Waals surface area contributed by atoms with Crippen molar-refractivity contribution in [2.45, 2.75) is 45.7 Å². The first-order valence-electron chi connectivity index (χ1n) is 10.7. The maximum absolute atomic E-state index is 13.2. The third-order valence-electron chi connectivity index (χ3n) is 4.97. The topological polar surface area (TPSA) is 67.9 Å². The van der Waals surface area contributed by atoms with Crippen molar-refractivity contribution in [3.8, 4) is 11.5 Å². The Labute approximate surface area is 203 Å². The number of benzene rings is 2. The molecule has 8 heteroatoms. The highest BCUT2D eigenvalue weighted by Gasteiger charge is 2.29. The van der Waals surface area contributed by atoms with Crippen LogP contribution in [0.1, 0.15) is 38.7 Å². The summed E-state index contributed by atoms with van der Waals surface area (Å²) in [6.45, 7) is 4.59. The van der Waals surface area contributed by atoms with Crippen molar-refractivity contribution in [2.24, 2.45) is 0 Å². The predicted molar refractivity (Wildman–Crippen MR) is 130 cm³/mol. The number of ether oxygens (including phenoxy) is 2. The third kappa shape index (κ3) is 7.71. The number of amides is 2. The molecule has 0 bridgehead atoms. The molecule has 0 aromatic heterocycles. The Morgan fingerprint density at radius 3 is 2.47 bits per heavy atom. The SMILES string of the molecule is CCCCNC(=O)C(CC)N(Cc1ccc(OC)cc1)C(=O)COc1ccc(Br)cc1Cl. The molecule has 0 fully saturated rings. The summed E-state index contributed by atoms with van der Waals surface area (Å²) in [5, 5.41) is 3.34. The number of nitrogens with zero attached hydrogens (tertiary/aromatic N) is 1. The van der Waals surface area contributed by atoms with Gasteiger partial charge in [0.05, 0.1) is 12.1 Å². The van der Waals surface area contributed by atoms with Crippen molar-refractivity contribution < 1.29 is 19.1 Å². The first kappa shape index (κ1) is 26.0. The first-order valence-corrected chi connectivity index (χ1v) is 11.8. The molecule has 0 saturated carbocycles. The largest absolute Gasteiger partial charge is 0.497 e. The standard InChI is InChI=1S/C24H30BrClN2O4/c1-4-6-13-27-24(30)21(5-2)28(15-17-7-10-19(31-3)11-8-17)23(29)16-32-22-12-9-18(25)14-20(22)26/h7-12,14,21H,4-6,13,15-16H2,1-3H3,(H,27,30). The van der Waals surface area contributed by atoms with Crippen LogP contribution in [0.15, 0.2) is 46.9 Å². The summed E-state index contributed by atoms with van der Waals surface area (Å²) in [5.74, 6) is 0.680. The molecule has 1 N–H and O–H groups in total. The van der Waals surface area contributed by atoms with E-state index in [1.54, 1.807) is 30.2 Å². The van der Waals surface area contributed by atoms with Gasteiger partial charge < -0.3 is 19.7 Å². The van der Waals surface area contributed by atoms with Crippen molar-refractivity contribution >= 4 is 39.3 Å². The number of rotatable bonds is 12. The van der Waals surface area contributed by atoms with Crippen LogP contribution in [0.25, 0.3) is 0 Å². The molecular weight excluding hydrogens is 496 g/mol.